The van der Waals surface area contributed by atoms with Crippen LogP contribution in [0.3, 0.4) is 0 Å². The molecule has 3 aliphatic rings. The number of hydrogen-bond acceptors (Lipinski definition) is 7. The fraction of sp³-hybridized carbons (Fsp3) is 0.641. The maximum absolute atomic E-state index is 14.6. The summed E-state index contributed by atoms with van der Waals surface area (Å²) in [5.74, 6) is -2.95. The van der Waals surface area contributed by atoms with Crippen molar-refractivity contribution >= 4 is 39.6 Å². The number of aliphatic hydroxyl groups excluding tert-OH is 1. The number of esters is 1. The van der Waals surface area contributed by atoms with Crippen LogP contribution in [0.15, 0.2) is 55.6 Å². The smallest absolute Gasteiger partial charge is 0.313 e. The van der Waals surface area contributed by atoms with E-state index in [1.807, 2.05) is 37.3 Å². The van der Waals surface area contributed by atoms with E-state index in [4.69, 9.17) is 9.47 Å². The van der Waals surface area contributed by atoms with Crippen molar-refractivity contribution in [3.63, 3.8) is 0 Å². The van der Waals surface area contributed by atoms with Crippen LogP contribution in [0.5, 0.6) is 0 Å². The second-order valence-electron chi connectivity index (χ2n) is 14.0. The zero-order chi connectivity index (χ0) is 36.4. The molecule has 2 bridgehead atoms. The third-order valence-electron chi connectivity index (χ3n) is 10.7. The molecule has 3 aliphatic heterocycles. The molecule has 50 heavy (non-hydrogen) atoms. The molecule has 1 spiro atoms. The van der Waals surface area contributed by atoms with Crippen molar-refractivity contribution in [3.8, 4) is 0 Å². The normalized spacial score (nSPS) is 26.3. The molecule has 11 heteroatoms. The topological polar surface area (TPSA) is 117 Å². The minimum Gasteiger partial charge on any atom is -0.455 e. The van der Waals surface area contributed by atoms with Crippen LogP contribution >= 0.6 is 15.9 Å². The summed E-state index contributed by atoms with van der Waals surface area (Å²) in [6, 6.07) is 7.92. The first kappa shape index (κ1) is 39.8. The molecule has 1 aromatic carbocycles. The number of aliphatic hydroxyl groups is 1. The van der Waals surface area contributed by atoms with E-state index in [0.29, 0.717) is 45.3 Å². The third kappa shape index (κ3) is 8.37. The van der Waals surface area contributed by atoms with Crippen LogP contribution in [0.25, 0.3) is 0 Å². The summed E-state index contributed by atoms with van der Waals surface area (Å²) in [5, 5.41) is 9.27. The predicted molar refractivity (Wildman–Crippen MR) is 196 cm³/mol. The van der Waals surface area contributed by atoms with Crippen molar-refractivity contribution in [2.24, 2.45) is 11.8 Å². The second-order valence-corrected chi connectivity index (χ2v) is 15.1. The van der Waals surface area contributed by atoms with E-state index >= 15 is 0 Å². The van der Waals surface area contributed by atoms with Gasteiger partial charge in [0.15, 0.2) is 0 Å². The monoisotopic (exact) mass is 757 g/mol. The van der Waals surface area contributed by atoms with Crippen molar-refractivity contribution in [1.82, 2.24) is 14.7 Å². The summed E-state index contributed by atoms with van der Waals surface area (Å²) >= 11 is 3.77. The molecule has 3 fully saturated rings. The summed E-state index contributed by atoms with van der Waals surface area (Å²) < 4.78 is 13.1. The Morgan fingerprint density at radius 1 is 1.12 bits per heavy atom. The summed E-state index contributed by atoms with van der Waals surface area (Å²) in [4.78, 5) is 61.5. The van der Waals surface area contributed by atoms with Gasteiger partial charge in [-0.2, -0.15) is 0 Å². The Morgan fingerprint density at radius 3 is 2.50 bits per heavy atom. The molecule has 0 aliphatic carbocycles. The fourth-order valence-corrected chi connectivity index (χ4v) is 8.91. The van der Waals surface area contributed by atoms with Crippen LogP contribution in [0.1, 0.15) is 89.7 Å². The van der Waals surface area contributed by atoms with Gasteiger partial charge in [0.2, 0.25) is 17.7 Å². The second kappa shape index (κ2) is 18.5. The summed E-state index contributed by atoms with van der Waals surface area (Å²) in [6.45, 7) is 12.9. The summed E-state index contributed by atoms with van der Waals surface area (Å²) in [6.07, 6.45) is 8.91. The van der Waals surface area contributed by atoms with Gasteiger partial charge < -0.3 is 29.3 Å². The van der Waals surface area contributed by atoms with Gasteiger partial charge in [0.25, 0.3) is 0 Å². The molecule has 0 saturated carbocycles. The Kier molecular flexibility index (Phi) is 14.7. The van der Waals surface area contributed by atoms with E-state index in [0.717, 1.165) is 37.7 Å². The van der Waals surface area contributed by atoms with E-state index in [2.05, 4.69) is 36.0 Å². The number of hydrogen-bond donors (Lipinski definition) is 1. The number of amides is 3. The number of alkyl halides is 1. The first-order chi connectivity index (χ1) is 24.1. The van der Waals surface area contributed by atoms with E-state index < -0.39 is 47.7 Å². The van der Waals surface area contributed by atoms with Crippen molar-refractivity contribution in [2.75, 3.05) is 33.3 Å². The molecular weight excluding hydrogens is 702 g/mol. The number of nitrogens with zero attached hydrogens (tertiary/aromatic N) is 3. The third-order valence-corrected chi connectivity index (χ3v) is 11.5. The van der Waals surface area contributed by atoms with E-state index in [1.54, 1.807) is 33.9 Å². The van der Waals surface area contributed by atoms with Crippen molar-refractivity contribution in [2.45, 2.75) is 113 Å². The summed E-state index contributed by atoms with van der Waals surface area (Å²) in [5.41, 5.74) is -0.467. The Morgan fingerprint density at radius 2 is 1.84 bits per heavy atom. The number of carbonyl (C=O) groups excluding carboxylic acids is 4. The molecule has 10 nitrogen and oxygen atoms in total. The Labute approximate surface area is 306 Å². The SMILES string of the molecule is C=CCCC(=O)N(C)[C@@H](C)[C@@H](OC(=O)[C@H]1[C@@H]2O[C@@]3(CC2Br)[C@@H]1C(=O)N(CCCCCCO)[C@@H]3C(=O)N(CC=C)CCCCC)c1ccccc1. The van der Waals surface area contributed by atoms with Crippen molar-refractivity contribution in [3.05, 3.63) is 61.2 Å². The van der Waals surface area contributed by atoms with Gasteiger partial charge in [0.1, 0.15) is 17.7 Å². The first-order valence-corrected chi connectivity index (χ1v) is 19.2. The van der Waals surface area contributed by atoms with E-state index in [9.17, 15) is 24.3 Å². The number of rotatable bonds is 21. The van der Waals surface area contributed by atoms with Crippen LogP contribution < -0.4 is 0 Å². The van der Waals surface area contributed by atoms with Crippen LogP contribution in [0, 0.1) is 11.8 Å². The molecule has 1 aromatic rings. The molecule has 3 amide bonds. The largest absolute Gasteiger partial charge is 0.455 e. The number of benzene rings is 1. The molecule has 0 radical (unpaired) electrons. The predicted octanol–water partition coefficient (Wildman–Crippen LogP) is 5.59. The number of likely N-dealkylation sites (tertiary alicyclic amines) is 1. The van der Waals surface area contributed by atoms with Crippen LogP contribution in [-0.2, 0) is 28.7 Å². The summed E-state index contributed by atoms with van der Waals surface area (Å²) in [7, 11) is 1.70. The van der Waals surface area contributed by atoms with Gasteiger partial charge >= 0.3 is 5.97 Å². The lowest BCUT2D eigenvalue weighted by Gasteiger charge is -2.37. The fourth-order valence-electron chi connectivity index (χ4n) is 7.96. The van der Waals surface area contributed by atoms with Gasteiger partial charge in [0.05, 0.1) is 24.0 Å². The molecule has 3 saturated heterocycles. The van der Waals surface area contributed by atoms with Crippen molar-refractivity contribution < 1.29 is 33.8 Å². The van der Waals surface area contributed by atoms with Gasteiger partial charge in [-0.3, -0.25) is 19.2 Å². The molecule has 1 unspecified atom stereocenters. The Balaban J connectivity index is 1.68. The lowest BCUT2D eigenvalue weighted by molar-refractivity contribution is -0.164. The average Bonchev–Trinajstić information content (AvgIpc) is 3.71. The average molecular weight is 759 g/mol. The Hall–Kier alpha value is -3.02. The number of halogens is 1. The highest BCUT2D eigenvalue weighted by molar-refractivity contribution is 9.09. The first-order valence-electron chi connectivity index (χ1n) is 18.3. The lowest BCUT2D eigenvalue weighted by Crippen LogP contribution is -2.57. The number of ether oxygens (including phenoxy) is 2. The molecule has 3 heterocycles. The van der Waals surface area contributed by atoms with Crippen LogP contribution in [0.2, 0.25) is 0 Å². The number of allylic oxidation sites excluding steroid dienone is 1. The molecule has 276 valence electrons. The van der Waals surface area contributed by atoms with Crippen LogP contribution in [-0.4, -0.2) is 105 Å². The number of likely N-dealkylation sites (N-methyl/N-ethyl adjacent to an activating group) is 1. The number of carbonyl (C=O) groups is 4. The van der Waals surface area contributed by atoms with Crippen LogP contribution in [0.4, 0.5) is 0 Å². The Bertz CT molecular complexity index is 1340. The minimum atomic E-state index is -1.20. The molecule has 1 N–H and O–H groups in total. The van der Waals surface area contributed by atoms with Gasteiger partial charge in [-0.05, 0) is 44.6 Å². The molecule has 4 rings (SSSR count). The van der Waals surface area contributed by atoms with Crippen molar-refractivity contribution in [1.29, 1.82) is 0 Å². The van der Waals surface area contributed by atoms with E-state index in [1.165, 1.54) is 0 Å². The zero-order valence-electron chi connectivity index (χ0n) is 30.0. The highest BCUT2D eigenvalue weighted by atomic mass is 79.9. The van der Waals surface area contributed by atoms with Gasteiger partial charge in [-0.1, -0.05) is 91.0 Å². The van der Waals surface area contributed by atoms with E-state index in [-0.39, 0.29) is 35.6 Å². The number of unbranched alkanes of at least 4 members (excludes halogenated alkanes) is 5. The quantitative estimate of drug-likeness (QED) is 0.0753. The standard InChI is InChI=1S/C39H56BrN3O7/c1-6-9-16-23-42(22-8-3)37(47)35-39-26-29(40)34(50-39)31(32(39)36(46)43(35)24-17-11-12-18-25-44)38(48)49-33(28-19-14-13-15-20-28)27(4)41(5)30(45)21-10-7-2/h7-8,13-15,19-20,27,29,31-35,44H,2-3,6,9-12,16-18,21-26H2,1,4-5H3/t27-,29?,31+,32-,33+,34+,35+,39-/m0/s1. The van der Waals surface area contributed by atoms with Gasteiger partial charge in [-0.15, -0.1) is 13.2 Å². The zero-order valence-corrected chi connectivity index (χ0v) is 31.6. The molecule has 0 aromatic heterocycles. The van der Waals surface area contributed by atoms with Gasteiger partial charge in [0, 0.05) is 44.5 Å². The lowest BCUT2D eigenvalue weighted by atomic mass is 9.70. The highest BCUT2D eigenvalue weighted by Gasteiger charge is 2.77. The van der Waals surface area contributed by atoms with Gasteiger partial charge in [-0.25, -0.2) is 0 Å². The molecule has 8 atom stereocenters. The maximum atomic E-state index is 14.6. The highest BCUT2D eigenvalue weighted by Crippen LogP contribution is 2.60. The number of fused-ring (bicyclic) bond motifs is 1. The minimum absolute atomic E-state index is 0.0953. The molecular formula is C39H56BrN3O7. The maximum Gasteiger partial charge on any atom is 0.313 e.